The van der Waals surface area contributed by atoms with Crippen LogP contribution in [0.4, 0.5) is 11.4 Å². The number of hydrogen-bond donors (Lipinski definition) is 3. The standard InChI is InChI=1S/C18H22ClN3O2.ClH/c19-10-16(23)22-15-11-20-14-7-3-2-6-13(14)17(15)21-12-18(24)8-4-1-5-9-18;/h2-3,6-7,11,24H,1,4-5,8-10,12H2,(H,20,21)(H,22,23);1H. The van der Waals surface area contributed by atoms with Crippen molar-refractivity contribution in [2.75, 3.05) is 23.1 Å². The predicted molar refractivity (Wildman–Crippen MR) is 105 cm³/mol. The molecule has 1 aromatic heterocycles. The molecule has 1 heterocycles. The zero-order valence-electron chi connectivity index (χ0n) is 13.9. The predicted octanol–water partition coefficient (Wildman–Crippen LogP) is 3.94. The molecule has 1 amide bonds. The molecular formula is C18H23Cl2N3O2. The Balaban J connectivity index is 0.00000225. The second-order valence-electron chi connectivity index (χ2n) is 6.38. The Hall–Kier alpha value is -1.56. The molecule has 2 aromatic rings. The summed E-state index contributed by atoms with van der Waals surface area (Å²) < 4.78 is 0. The number of carbonyl (C=O) groups is 1. The number of para-hydroxylation sites is 1. The first-order valence-electron chi connectivity index (χ1n) is 8.31. The van der Waals surface area contributed by atoms with Crippen LogP contribution in [0.25, 0.3) is 10.9 Å². The monoisotopic (exact) mass is 383 g/mol. The summed E-state index contributed by atoms with van der Waals surface area (Å²) >= 11 is 5.60. The summed E-state index contributed by atoms with van der Waals surface area (Å²) in [7, 11) is 0. The molecule has 136 valence electrons. The van der Waals surface area contributed by atoms with Gasteiger partial charge in [0.1, 0.15) is 5.88 Å². The third-order valence-corrected chi connectivity index (χ3v) is 4.79. The van der Waals surface area contributed by atoms with Gasteiger partial charge in [0.25, 0.3) is 0 Å². The average molecular weight is 384 g/mol. The Morgan fingerprint density at radius 3 is 2.68 bits per heavy atom. The molecular weight excluding hydrogens is 361 g/mol. The first-order chi connectivity index (χ1) is 11.6. The molecule has 1 aliphatic carbocycles. The number of halogens is 2. The van der Waals surface area contributed by atoms with E-state index in [1.165, 1.54) is 6.42 Å². The summed E-state index contributed by atoms with van der Waals surface area (Å²) in [5, 5.41) is 17.8. The number of aliphatic hydroxyl groups is 1. The minimum absolute atomic E-state index is 0. The number of carbonyl (C=O) groups excluding carboxylic acids is 1. The third-order valence-electron chi connectivity index (χ3n) is 4.55. The fourth-order valence-electron chi connectivity index (χ4n) is 3.25. The molecule has 0 spiro atoms. The molecule has 0 unspecified atom stereocenters. The lowest BCUT2D eigenvalue weighted by atomic mass is 9.85. The lowest BCUT2D eigenvalue weighted by Gasteiger charge is -2.33. The maximum Gasteiger partial charge on any atom is 0.239 e. The molecule has 7 heteroatoms. The molecule has 1 aromatic carbocycles. The molecule has 1 aliphatic rings. The maximum atomic E-state index is 11.7. The average Bonchev–Trinajstić information content (AvgIpc) is 2.61. The van der Waals surface area contributed by atoms with Gasteiger partial charge in [-0.05, 0) is 18.9 Å². The second-order valence-corrected chi connectivity index (χ2v) is 6.65. The van der Waals surface area contributed by atoms with Gasteiger partial charge < -0.3 is 15.7 Å². The smallest absolute Gasteiger partial charge is 0.239 e. The van der Waals surface area contributed by atoms with Crippen LogP contribution in [0, 0.1) is 0 Å². The van der Waals surface area contributed by atoms with Crippen LogP contribution in [0.2, 0.25) is 0 Å². The molecule has 0 atom stereocenters. The van der Waals surface area contributed by atoms with Crippen LogP contribution in [0.15, 0.2) is 30.5 Å². The van der Waals surface area contributed by atoms with Crippen LogP contribution >= 0.6 is 24.0 Å². The zero-order valence-corrected chi connectivity index (χ0v) is 15.5. The Morgan fingerprint density at radius 2 is 1.96 bits per heavy atom. The number of anilines is 2. The quantitative estimate of drug-likeness (QED) is 0.683. The topological polar surface area (TPSA) is 74.2 Å². The van der Waals surface area contributed by atoms with E-state index in [1.807, 2.05) is 24.3 Å². The zero-order chi connectivity index (χ0) is 17.0. The van der Waals surface area contributed by atoms with Crippen LogP contribution in [0.1, 0.15) is 32.1 Å². The van der Waals surface area contributed by atoms with Gasteiger partial charge in [-0.1, -0.05) is 37.5 Å². The lowest BCUT2D eigenvalue weighted by Crippen LogP contribution is -2.39. The van der Waals surface area contributed by atoms with Gasteiger partial charge in [-0.15, -0.1) is 24.0 Å². The SMILES string of the molecule is Cl.O=C(CCl)Nc1cnc2ccccc2c1NCC1(O)CCCCC1. The fourth-order valence-corrected chi connectivity index (χ4v) is 3.32. The van der Waals surface area contributed by atoms with Crippen molar-refractivity contribution in [1.82, 2.24) is 4.98 Å². The second kappa shape index (κ2) is 8.70. The van der Waals surface area contributed by atoms with Gasteiger partial charge in [0.15, 0.2) is 0 Å². The number of pyridine rings is 1. The van der Waals surface area contributed by atoms with Crippen LogP contribution in [-0.2, 0) is 4.79 Å². The van der Waals surface area contributed by atoms with E-state index in [-0.39, 0.29) is 24.2 Å². The Bertz CT molecular complexity index is 733. The summed E-state index contributed by atoms with van der Waals surface area (Å²) in [5.41, 5.74) is 1.49. The van der Waals surface area contributed by atoms with Crippen LogP contribution in [0.3, 0.4) is 0 Å². The first-order valence-corrected chi connectivity index (χ1v) is 8.85. The van der Waals surface area contributed by atoms with Crippen molar-refractivity contribution in [3.8, 4) is 0 Å². The van der Waals surface area contributed by atoms with Crippen LogP contribution in [0.5, 0.6) is 0 Å². The van der Waals surface area contributed by atoms with E-state index in [0.717, 1.165) is 42.3 Å². The third kappa shape index (κ3) is 4.75. The first kappa shape index (κ1) is 19.8. The van der Waals surface area contributed by atoms with Crippen molar-refractivity contribution >= 4 is 52.2 Å². The highest BCUT2D eigenvalue weighted by Gasteiger charge is 2.29. The minimum Gasteiger partial charge on any atom is -0.388 e. The van der Waals surface area contributed by atoms with Crippen molar-refractivity contribution in [2.45, 2.75) is 37.7 Å². The molecule has 5 nitrogen and oxygen atoms in total. The molecule has 3 N–H and O–H groups in total. The summed E-state index contributed by atoms with van der Waals surface area (Å²) in [6.45, 7) is 0.449. The summed E-state index contributed by atoms with van der Waals surface area (Å²) in [5.74, 6) is -0.399. The Morgan fingerprint density at radius 1 is 1.24 bits per heavy atom. The highest BCUT2D eigenvalue weighted by Crippen LogP contribution is 2.33. The van der Waals surface area contributed by atoms with E-state index in [2.05, 4.69) is 15.6 Å². The number of aromatic nitrogens is 1. The lowest BCUT2D eigenvalue weighted by molar-refractivity contribution is -0.113. The fraction of sp³-hybridized carbons (Fsp3) is 0.444. The molecule has 1 saturated carbocycles. The highest BCUT2D eigenvalue weighted by molar-refractivity contribution is 6.29. The Kier molecular flexibility index (Phi) is 6.87. The number of rotatable bonds is 5. The molecule has 0 aliphatic heterocycles. The van der Waals surface area contributed by atoms with Crippen molar-refractivity contribution in [3.05, 3.63) is 30.5 Å². The molecule has 0 saturated heterocycles. The highest BCUT2D eigenvalue weighted by atomic mass is 35.5. The number of benzene rings is 1. The number of fused-ring (bicyclic) bond motifs is 1. The van der Waals surface area contributed by atoms with Crippen molar-refractivity contribution in [3.63, 3.8) is 0 Å². The van der Waals surface area contributed by atoms with Gasteiger partial charge >= 0.3 is 0 Å². The normalized spacial score (nSPS) is 16.1. The van der Waals surface area contributed by atoms with Gasteiger partial charge in [0.2, 0.25) is 5.91 Å². The maximum absolute atomic E-state index is 11.7. The number of hydrogen-bond acceptors (Lipinski definition) is 4. The Labute approximate surface area is 158 Å². The number of amides is 1. The van der Waals surface area contributed by atoms with Crippen molar-refractivity contribution < 1.29 is 9.90 Å². The van der Waals surface area contributed by atoms with Gasteiger partial charge in [-0.2, -0.15) is 0 Å². The van der Waals surface area contributed by atoms with Crippen LogP contribution < -0.4 is 10.6 Å². The molecule has 0 bridgehead atoms. The molecule has 3 rings (SSSR count). The van der Waals surface area contributed by atoms with Gasteiger partial charge in [0, 0.05) is 11.9 Å². The van der Waals surface area contributed by atoms with Crippen molar-refractivity contribution in [1.29, 1.82) is 0 Å². The van der Waals surface area contributed by atoms with Crippen molar-refractivity contribution in [2.24, 2.45) is 0 Å². The van der Waals surface area contributed by atoms with Gasteiger partial charge in [0.05, 0.1) is 28.7 Å². The molecule has 25 heavy (non-hydrogen) atoms. The summed E-state index contributed by atoms with van der Waals surface area (Å²) in [6.07, 6.45) is 6.49. The number of alkyl halides is 1. The summed E-state index contributed by atoms with van der Waals surface area (Å²) in [4.78, 5) is 16.1. The number of nitrogens with zero attached hydrogens (tertiary/aromatic N) is 1. The van der Waals surface area contributed by atoms with Crippen LogP contribution in [-0.4, -0.2) is 34.0 Å². The van der Waals surface area contributed by atoms with E-state index in [0.29, 0.717) is 12.2 Å². The van der Waals surface area contributed by atoms with Gasteiger partial charge in [-0.25, -0.2) is 0 Å². The van der Waals surface area contributed by atoms with E-state index in [9.17, 15) is 9.90 Å². The van der Waals surface area contributed by atoms with E-state index >= 15 is 0 Å². The number of nitrogens with one attached hydrogen (secondary N) is 2. The van der Waals surface area contributed by atoms with E-state index in [4.69, 9.17) is 11.6 Å². The van der Waals surface area contributed by atoms with E-state index in [1.54, 1.807) is 6.20 Å². The largest absolute Gasteiger partial charge is 0.388 e. The molecule has 1 fully saturated rings. The summed E-state index contributed by atoms with van der Waals surface area (Å²) in [6, 6.07) is 7.72. The van der Waals surface area contributed by atoms with Gasteiger partial charge in [-0.3, -0.25) is 9.78 Å². The molecule has 0 radical (unpaired) electrons. The minimum atomic E-state index is -0.698. The van der Waals surface area contributed by atoms with E-state index < -0.39 is 5.60 Å².